The summed E-state index contributed by atoms with van der Waals surface area (Å²) in [6.07, 6.45) is 0. The first kappa shape index (κ1) is 23.8. The minimum Gasteiger partial charge on any atom is -0.484 e. The maximum absolute atomic E-state index is 12.2. The van der Waals surface area contributed by atoms with Crippen LogP contribution in [0.2, 0.25) is 0 Å². The van der Waals surface area contributed by atoms with Crippen molar-refractivity contribution >= 4 is 47.4 Å². The molecule has 2 saturated heterocycles. The molecule has 1 aromatic heterocycles. The monoisotopic (exact) mass is 476 g/mol. The summed E-state index contributed by atoms with van der Waals surface area (Å²) in [4.78, 5) is 47.5. The summed E-state index contributed by atoms with van der Waals surface area (Å²) in [5.41, 5.74) is 15.4. The number of carbonyl (C=O) groups excluding carboxylic acids is 2. The van der Waals surface area contributed by atoms with Crippen molar-refractivity contribution in [3.8, 4) is 5.75 Å². The van der Waals surface area contributed by atoms with Crippen LogP contribution in [0.25, 0.3) is 0 Å². The van der Waals surface area contributed by atoms with Crippen LogP contribution < -0.4 is 27.3 Å². The lowest BCUT2D eigenvalue weighted by molar-refractivity contribution is -0.161. The molecule has 14 heteroatoms. The van der Waals surface area contributed by atoms with Gasteiger partial charge in [0.15, 0.2) is 6.61 Å². The third-order valence-electron chi connectivity index (χ3n) is 4.79. The van der Waals surface area contributed by atoms with Crippen molar-refractivity contribution in [2.45, 2.75) is 36.1 Å². The van der Waals surface area contributed by atoms with E-state index in [1.807, 2.05) is 6.07 Å². The highest BCUT2D eigenvalue weighted by atomic mass is 32.2. The van der Waals surface area contributed by atoms with E-state index in [1.165, 1.54) is 16.7 Å². The number of ether oxygens (including phenoxy) is 1. The Morgan fingerprint density at radius 2 is 1.67 bits per heavy atom. The highest BCUT2D eigenvalue weighted by Crippen LogP contribution is 2.50. The van der Waals surface area contributed by atoms with E-state index in [2.05, 4.69) is 20.3 Å². The van der Waals surface area contributed by atoms with Gasteiger partial charge in [0.2, 0.25) is 23.8 Å². The summed E-state index contributed by atoms with van der Waals surface area (Å²) in [5, 5.41) is 11.6. The topological polar surface area (TPSA) is 213 Å². The number of nitrogens with one attached hydrogen (secondary N) is 1. The normalized spacial score (nSPS) is 22.3. The number of hydrogen-bond acceptors (Lipinski definition) is 11. The van der Waals surface area contributed by atoms with E-state index in [1.54, 1.807) is 38.1 Å². The summed E-state index contributed by atoms with van der Waals surface area (Å²) in [6, 6.07) is 7.31. The number of fused-ring (bicyclic) bond motifs is 1. The number of anilines is 3. The molecule has 0 bridgehead atoms. The van der Waals surface area contributed by atoms with Crippen LogP contribution in [0.3, 0.4) is 0 Å². The van der Waals surface area contributed by atoms with Crippen molar-refractivity contribution in [2.24, 2.45) is 0 Å². The van der Waals surface area contributed by atoms with E-state index in [0.717, 1.165) is 0 Å². The molecule has 2 aliphatic rings. The lowest BCUT2D eigenvalue weighted by atomic mass is 9.96. The summed E-state index contributed by atoms with van der Waals surface area (Å²) < 4.78 is 4.74. The van der Waals surface area contributed by atoms with Crippen LogP contribution in [0.4, 0.5) is 17.8 Å². The molecule has 8 N–H and O–H groups in total. The first-order valence-electron chi connectivity index (χ1n) is 9.72. The van der Waals surface area contributed by atoms with Crippen molar-refractivity contribution in [3.63, 3.8) is 0 Å². The zero-order valence-electron chi connectivity index (χ0n) is 17.8. The van der Waals surface area contributed by atoms with E-state index in [4.69, 9.17) is 21.9 Å². The average Bonchev–Trinajstić information content (AvgIpc) is 2.99. The minimum atomic E-state index is -1.03. The average molecular weight is 477 g/mol. The van der Waals surface area contributed by atoms with E-state index >= 15 is 0 Å². The maximum Gasteiger partial charge on any atom is 0.327 e. The second-order valence-electron chi connectivity index (χ2n) is 7.66. The Labute approximate surface area is 193 Å². The lowest BCUT2D eigenvalue weighted by Crippen LogP contribution is -2.70. The smallest absolute Gasteiger partial charge is 0.327 e. The van der Waals surface area contributed by atoms with Gasteiger partial charge >= 0.3 is 5.97 Å². The van der Waals surface area contributed by atoms with Gasteiger partial charge < -0.3 is 37.3 Å². The van der Waals surface area contributed by atoms with E-state index in [-0.39, 0.29) is 35.7 Å². The van der Waals surface area contributed by atoms with E-state index < -0.39 is 28.7 Å². The van der Waals surface area contributed by atoms with Crippen molar-refractivity contribution in [1.82, 2.24) is 25.2 Å². The minimum absolute atomic E-state index is 0.0417. The molecule has 2 amide bonds. The number of hydrogen-bond donors (Lipinski definition) is 5. The van der Waals surface area contributed by atoms with Gasteiger partial charge in [0.05, 0.1) is 0 Å². The Morgan fingerprint density at radius 1 is 1.12 bits per heavy atom. The second-order valence-corrected chi connectivity index (χ2v) is 9.43. The quantitative estimate of drug-likeness (QED) is 0.339. The summed E-state index contributed by atoms with van der Waals surface area (Å²) in [5.74, 6) is -1.11. The van der Waals surface area contributed by atoms with Crippen molar-refractivity contribution in [1.29, 1.82) is 0 Å². The number of carboxylic acid groups (broad SMARTS) is 1. The zero-order chi connectivity index (χ0) is 24.3. The molecule has 0 spiro atoms. The van der Waals surface area contributed by atoms with E-state index in [0.29, 0.717) is 5.75 Å². The molecule has 1 aromatic carbocycles. The molecule has 3 unspecified atom stereocenters. The van der Waals surface area contributed by atoms with Crippen LogP contribution in [0.15, 0.2) is 30.3 Å². The van der Waals surface area contributed by atoms with Crippen LogP contribution in [-0.4, -0.2) is 71.6 Å². The number of thioether (sulfide) groups is 1. The van der Waals surface area contributed by atoms with Gasteiger partial charge in [-0.25, -0.2) is 4.79 Å². The lowest BCUT2D eigenvalue weighted by Gasteiger charge is -2.43. The molecule has 13 nitrogen and oxygen atoms in total. The molecule has 0 saturated carbocycles. The molecule has 0 aliphatic carbocycles. The number of rotatable bonds is 5. The molecule has 3 atom stereocenters. The summed E-state index contributed by atoms with van der Waals surface area (Å²) in [7, 11) is 0. The van der Waals surface area contributed by atoms with Gasteiger partial charge in [0, 0.05) is 4.75 Å². The first-order chi connectivity index (χ1) is 15.5. The first-order valence-corrected chi connectivity index (χ1v) is 10.6. The number of nitrogens with zero attached hydrogens (tertiary/aromatic N) is 4. The number of carbonyl (C=O) groups is 3. The number of nitrogens with two attached hydrogens (primary N) is 3. The number of nitrogen functional groups attached to an aromatic ring is 3. The number of aromatic nitrogens is 3. The van der Waals surface area contributed by atoms with Crippen LogP contribution in [-0.2, 0) is 14.4 Å². The number of β-lactam (4-membered cyclic amide) rings is 1. The molecule has 0 radical (unpaired) electrons. The number of aliphatic carboxylic acids is 1. The molecule has 4 rings (SSSR count). The van der Waals surface area contributed by atoms with Gasteiger partial charge in [0.25, 0.3) is 5.91 Å². The van der Waals surface area contributed by atoms with Gasteiger partial charge in [-0.15, -0.1) is 11.8 Å². The van der Waals surface area contributed by atoms with Gasteiger partial charge in [-0.3, -0.25) is 9.59 Å². The highest BCUT2D eigenvalue weighted by Gasteiger charge is 2.64. The van der Waals surface area contributed by atoms with Crippen molar-refractivity contribution in [2.75, 3.05) is 23.8 Å². The van der Waals surface area contributed by atoms with Gasteiger partial charge in [-0.2, -0.15) is 15.0 Å². The van der Waals surface area contributed by atoms with Crippen molar-refractivity contribution in [3.05, 3.63) is 30.3 Å². The number of carboxylic acids is 1. The predicted octanol–water partition coefficient (Wildman–Crippen LogP) is -0.685. The fourth-order valence-electron chi connectivity index (χ4n) is 3.45. The summed E-state index contributed by atoms with van der Waals surface area (Å²) >= 11 is 1.39. The van der Waals surface area contributed by atoms with Gasteiger partial charge in [0.1, 0.15) is 23.2 Å². The van der Waals surface area contributed by atoms with Crippen LogP contribution >= 0.6 is 11.8 Å². The van der Waals surface area contributed by atoms with Crippen LogP contribution in [0.5, 0.6) is 5.75 Å². The zero-order valence-corrected chi connectivity index (χ0v) is 18.7. The highest BCUT2D eigenvalue weighted by molar-refractivity contribution is 8.01. The van der Waals surface area contributed by atoms with E-state index in [9.17, 15) is 19.5 Å². The number of benzene rings is 1. The molecule has 176 valence electrons. The van der Waals surface area contributed by atoms with Gasteiger partial charge in [-0.05, 0) is 26.0 Å². The third kappa shape index (κ3) is 5.34. The maximum atomic E-state index is 12.2. The Bertz CT molecular complexity index is 1000. The molecular formula is C19H24N8O5S. The largest absolute Gasteiger partial charge is 0.484 e. The number of para-hydroxylation sites is 1. The Morgan fingerprint density at radius 3 is 2.18 bits per heavy atom. The molecule has 2 aliphatic heterocycles. The Hall–Kier alpha value is -3.81. The van der Waals surface area contributed by atoms with Crippen LogP contribution in [0, 0.1) is 0 Å². The molecular weight excluding hydrogens is 452 g/mol. The molecule has 3 heterocycles. The molecule has 33 heavy (non-hydrogen) atoms. The second kappa shape index (κ2) is 9.36. The molecule has 2 fully saturated rings. The van der Waals surface area contributed by atoms with Crippen LogP contribution in [0.1, 0.15) is 13.8 Å². The number of amides is 2. The third-order valence-corrected chi connectivity index (χ3v) is 6.36. The summed E-state index contributed by atoms with van der Waals surface area (Å²) in [6.45, 7) is 3.38. The van der Waals surface area contributed by atoms with Crippen molar-refractivity contribution < 1.29 is 24.2 Å². The standard InChI is InChI=1S/C16H18N2O5S.C3H6N6/c1-16(2)12(15(21)22)18-13(20)11(14(18)24-16)17-10(19)8-23-9-6-4-3-5-7-9;4-1-7-2(5)9-3(6)8-1/h3-7,11-12,14H,8H2,1-2H3,(H,17,19)(H,21,22);(H6,4,5,6,7,8,9). The Kier molecular flexibility index (Phi) is 6.76. The SMILES string of the molecule is CC1(C)SC2C(NC(=O)COc3ccccc3)C(=O)N2C1C(=O)O.Nc1nc(N)nc(N)n1. The van der Waals surface area contributed by atoms with Gasteiger partial charge in [-0.1, -0.05) is 18.2 Å². The predicted molar refractivity (Wildman–Crippen MR) is 121 cm³/mol. The molecule has 2 aromatic rings. The Balaban J connectivity index is 0.000000286. The fourth-order valence-corrected chi connectivity index (χ4v) is 5.08. The fraction of sp³-hybridized carbons (Fsp3) is 0.368.